The average Bonchev–Trinajstić information content (AvgIpc) is 2.35. The molecule has 19 heavy (non-hydrogen) atoms. The summed E-state index contributed by atoms with van der Waals surface area (Å²) >= 11 is 8.58. The van der Waals surface area contributed by atoms with E-state index in [1.807, 2.05) is 6.92 Å². The second-order valence-corrected chi connectivity index (χ2v) is 5.36. The topological polar surface area (TPSA) is 66.4 Å². The van der Waals surface area contributed by atoms with Crippen LogP contribution in [0.2, 0.25) is 0 Å². The van der Waals surface area contributed by atoms with E-state index in [1.54, 1.807) is 12.1 Å². The summed E-state index contributed by atoms with van der Waals surface area (Å²) in [5, 5.41) is 11.8. The first kappa shape index (κ1) is 15.9. The number of carbonyl (C=O) groups is 2. The Balaban J connectivity index is 3.22. The number of hydrogen-bond acceptors (Lipinski definition) is 4. The molecule has 0 aliphatic carbocycles. The van der Waals surface area contributed by atoms with E-state index >= 15 is 0 Å². The van der Waals surface area contributed by atoms with Gasteiger partial charge in [-0.25, -0.2) is 4.79 Å². The fraction of sp³-hybridized carbons (Fsp3) is 0.385. The monoisotopic (exact) mass is 299 g/mol. The number of carboxylic acids is 1. The number of nitrogens with one attached hydrogen (secondary N) is 1. The Morgan fingerprint density at radius 1 is 1.42 bits per heavy atom. The van der Waals surface area contributed by atoms with E-state index in [9.17, 15) is 14.7 Å². The second kappa shape index (κ2) is 6.86. The molecule has 4 nitrogen and oxygen atoms in total. The average molecular weight is 299 g/mol. The number of carbonyl (C=O) groups excluding carboxylic acids is 1. The van der Waals surface area contributed by atoms with Crippen LogP contribution in [0.5, 0.6) is 0 Å². The van der Waals surface area contributed by atoms with Crippen LogP contribution in [0.3, 0.4) is 0 Å². The molecule has 6 heteroatoms. The number of aromatic carboxylic acids is 1. The van der Waals surface area contributed by atoms with Gasteiger partial charge in [0.15, 0.2) is 0 Å². The van der Waals surface area contributed by atoms with Crippen molar-refractivity contribution < 1.29 is 14.7 Å². The summed E-state index contributed by atoms with van der Waals surface area (Å²) in [5.41, 5.74) is 1.45. The summed E-state index contributed by atoms with van der Waals surface area (Å²) in [6.07, 6.45) is 0. The maximum Gasteiger partial charge on any atom is 0.335 e. The minimum Gasteiger partial charge on any atom is -0.478 e. The molecule has 2 unspecified atom stereocenters. The van der Waals surface area contributed by atoms with Crippen molar-refractivity contribution >= 4 is 42.8 Å². The van der Waals surface area contributed by atoms with Crippen molar-refractivity contribution in [3.63, 3.8) is 0 Å². The van der Waals surface area contributed by atoms with Gasteiger partial charge >= 0.3 is 5.97 Å². The molecule has 1 aromatic carbocycles. The van der Waals surface area contributed by atoms with Crippen LogP contribution in [0.4, 0.5) is 5.69 Å². The van der Waals surface area contributed by atoms with Gasteiger partial charge in [-0.3, -0.25) is 4.79 Å². The van der Waals surface area contributed by atoms with E-state index in [-0.39, 0.29) is 22.6 Å². The van der Waals surface area contributed by atoms with Gasteiger partial charge in [0, 0.05) is 23.6 Å². The van der Waals surface area contributed by atoms with Crippen molar-refractivity contribution in [3.05, 3.63) is 29.3 Å². The van der Waals surface area contributed by atoms with Crippen molar-refractivity contribution in [2.24, 2.45) is 0 Å². The fourth-order valence-corrected chi connectivity index (χ4v) is 2.26. The number of anilines is 1. The molecule has 2 N–H and O–H groups in total. The molecule has 0 spiro atoms. The van der Waals surface area contributed by atoms with Crippen LogP contribution in [-0.4, -0.2) is 28.0 Å². The molecule has 0 heterocycles. The van der Waals surface area contributed by atoms with Crippen LogP contribution in [0.25, 0.3) is 0 Å². The van der Waals surface area contributed by atoms with Crippen molar-refractivity contribution in [1.82, 2.24) is 0 Å². The van der Waals surface area contributed by atoms with Crippen molar-refractivity contribution in [1.29, 1.82) is 0 Å². The molecule has 104 valence electrons. The largest absolute Gasteiger partial charge is 0.478 e. The molecular weight excluding hydrogens is 282 g/mol. The second-order valence-electron chi connectivity index (χ2n) is 4.33. The third kappa shape index (κ3) is 4.18. The van der Waals surface area contributed by atoms with E-state index in [0.717, 1.165) is 0 Å². The molecule has 2 atom stereocenters. The maximum absolute atomic E-state index is 11.2. The fourth-order valence-electron chi connectivity index (χ4n) is 1.78. The molecule has 0 aromatic heterocycles. The van der Waals surface area contributed by atoms with Crippen LogP contribution in [0.1, 0.15) is 35.7 Å². The first-order chi connectivity index (χ1) is 8.86. The molecule has 1 rings (SSSR count). The number of carboxylic acid groups (broad SMARTS) is 1. The van der Waals surface area contributed by atoms with Gasteiger partial charge in [-0.1, -0.05) is 6.92 Å². The number of amides is 1. The lowest BCUT2D eigenvalue weighted by Crippen LogP contribution is -2.16. The predicted molar refractivity (Wildman–Crippen MR) is 82.7 cm³/mol. The highest BCUT2D eigenvalue weighted by Crippen LogP contribution is 2.29. The zero-order valence-electron chi connectivity index (χ0n) is 10.8. The molecular formula is C13H17NO3S2. The molecule has 1 amide bonds. The van der Waals surface area contributed by atoms with Crippen LogP contribution >= 0.6 is 25.3 Å². The SMILES string of the molecule is CC(=O)Nc1ccc(C(=O)O)c(C(C)C(S)CS)c1. The van der Waals surface area contributed by atoms with Crippen LogP contribution in [-0.2, 0) is 4.79 Å². The van der Waals surface area contributed by atoms with Gasteiger partial charge in [0.2, 0.25) is 5.91 Å². The van der Waals surface area contributed by atoms with Gasteiger partial charge in [0.05, 0.1) is 5.56 Å². The Morgan fingerprint density at radius 3 is 2.53 bits per heavy atom. The van der Waals surface area contributed by atoms with E-state index in [2.05, 4.69) is 30.6 Å². The molecule has 1 aromatic rings. The molecule has 0 bridgehead atoms. The number of hydrogen-bond donors (Lipinski definition) is 4. The van der Waals surface area contributed by atoms with Crippen LogP contribution < -0.4 is 5.32 Å². The molecule has 0 aliphatic rings. The maximum atomic E-state index is 11.2. The summed E-state index contributed by atoms with van der Waals surface area (Å²) in [4.78, 5) is 22.3. The third-order valence-electron chi connectivity index (χ3n) is 2.86. The van der Waals surface area contributed by atoms with E-state index in [0.29, 0.717) is 17.0 Å². The molecule has 0 saturated carbocycles. The first-order valence-corrected chi connectivity index (χ1v) is 6.95. The van der Waals surface area contributed by atoms with E-state index < -0.39 is 5.97 Å². The van der Waals surface area contributed by atoms with E-state index in [4.69, 9.17) is 0 Å². The highest BCUT2D eigenvalue weighted by atomic mass is 32.1. The number of rotatable bonds is 5. The van der Waals surface area contributed by atoms with Gasteiger partial charge in [-0.2, -0.15) is 25.3 Å². The number of thiol groups is 2. The zero-order valence-corrected chi connectivity index (χ0v) is 12.5. The zero-order chi connectivity index (χ0) is 14.6. The predicted octanol–water partition coefficient (Wildman–Crippen LogP) is 2.67. The Bertz CT molecular complexity index is 491. The first-order valence-electron chi connectivity index (χ1n) is 5.80. The highest BCUT2D eigenvalue weighted by molar-refractivity contribution is 7.84. The molecule has 0 saturated heterocycles. The highest BCUT2D eigenvalue weighted by Gasteiger charge is 2.21. The summed E-state index contributed by atoms with van der Waals surface area (Å²) in [5.74, 6) is -0.733. The summed E-state index contributed by atoms with van der Waals surface area (Å²) < 4.78 is 0. The van der Waals surface area contributed by atoms with Gasteiger partial charge in [0.25, 0.3) is 0 Å². The smallest absolute Gasteiger partial charge is 0.335 e. The van der Waals surface area contributed by atoms with Crippen molar-refractivity contribution in [2.45, 2.75) is 25.0 Å². The van der Waals surface area contributed by atoms with Gasteiger partial charge in [0.1, 0.15) is 0 Å². The van der Waals surface area contributed by atoms with Crippen molar-refractivity contribution in [2.75, 3.05) is 11.1 Å². The lowest BCUT2D eigenvalue weighted by Gasteiger charge is -2.20. The normalized spacial score (nSPS) is 13.7. The summed E-state index contributed by atoms with van der Waals surface area (Å²) in [6, 6.07) is 4.76. The number of benzene rings is 1. The minimum absolute atomic E-state index is 0.0611. The van der Waals surface area contributed by atoms with Gasteiger partial charge in [-0.05, 0) is 29.7 Å². The molecule has 0 fully saturated rings. The van der Waals surface area contributed by atoms with Crippen LogP contribution in [0.15, 0.2) is 18.2 Å². The standard InChI is InChI=1S/C13H17NO3S2/c1-7(12(19)6-18)11-5-9(14-8(2)15)3-4-10(11)13(16)17/h3-5,7,12,18-19H,6H2,1-2H3,(H,14,15)(H,16,17). The quantitative estimate of drug-likeness (QED) is 0.632. The Morgan fingerprint density at radius 2 is 2.05 bits per heavy atom. The lowest BCUT2D eigenvalue weighted by molar-refractivity contribution is -0.114. The van der Waals surface area contributed by atoms with Crippen LogP contribution in [0, 0.1) is 0 Å². The molecule has 0 aliphatic heterocycles. The summed E-state index contributed by atoms with van der Waals surface area (Å²) in [6.45, 7) is 3.30. The minimum atomic E-state index is -0.990. The Kier molecular flexibility index (Phi) is 5.75. The van der Waals surface area contributed by atoms with Gasteiger partial charge in [-0.15, -0.1) is 0 Å². The molecule has 0 radical (unpaired) electrons. The van der Waals surface area contributed by atoms with Gasteiger partial charge < -0.3 is 10.4 Å². The Labute approximate surface area is 123 Å². The summed E-state index contributed by atoms with van der Waals surface area (Å²) in [7, 11) is 0. The lowest BCUT2D eigenvalue weighted by atomic mass is 9.92. The third-order valence-corrected chi connectivity index (χ3v) is 4.17. The Hall–Kier alpha value is -1.14. The van der Waals surface area contributed by atoms with Crippen molar-refractivity contribution in [3.8, 4) is 0 Å². The van der Waals surface area contributed by atoms with E-state index in [1.165, 1.54) is 13.0 Å².